The van der Waals surface area contributed by atoms with Gasteiger partial charge in [0.25, 0.3) is 0 Å². The van der Waals surface area contributed by atoms with Crippen molar-refractivity contribution >= 4 is 10.9 Å². The van der Waals surface area contributed by atoms with Crippen molar-refractivity contribution in [1.82, 2.24) is 4.57 Å². The highest BCUT2D eigenvalue weighted by Gasteiger charge is 2.15. The Morgan fingerprint density at radius 1 is 1.19 bits per heavy atom. The van der Waals surface area contributed by atoms with Crippen LogP contribution in [0.1, 0.15) is 44.2 Å². The summed E-state index contributed by atoms with van der Waals surface area (Å²) in [5.74, 6) is 0. The molecule has 0 fully saturated rings. The molecule has 0 aliphatic carbocycles. The molecule has 0 aliphatic rings. The highest BCUT2D eigenvalue weighted by molar-refractivity contribution is 5.84. The molecule has 1 heterocycles. The minimum atomic E-state index is -0.422. The SMILES string of the molecule is Cc1cccc2cc(C(C)O)n(C(C)C)c12. The number of aliphatic hydroxyl groups is 1. The van der Waals surface area contributed by atoms with E-state index in [1.54, 1.807) is 0 Å². The minimum Gasteiger partial charge on any atom is -0.387 e. The van der Waals surface area contributed by atoms with Gasteiger partial charge in [0.05, 0.1) is 11.6 Å². The topological polar surface area (TPSA) is 25.2 Å². The summed E-state index contributed by atoms with van der Waals surface area (Å²) in [5.41, 5.74) is 3.51. The van der Waals surface area contributed by atoms with Gasteiger partial charge in [0.1, 0.15) is 0 Å². The lowest BCUT2D eigenvalue weighted by Crippen LogP contribution is -2.08. The second-order valence-electron chi connectivity index (χ2n) is 4.72. The smallest absolute Gasteiger partial charge is 0.0912 e. The molecule has 0 saturated carbocycles. The molecule has 0 spiro atoms. The fourth-order valence-corrected chi connectivity index (χ4v) is 2.36. The number of hydrogen-bond acceptors (Lipinski definition) is 1. The monoisotopic (exact) mass is 217 g/mol. The van der Waals surface area contributed by atoms with Crippen molar-refractivity contribution in [2.24, 2.45) is 0 Å². The van der Waals surface area contributed by atoms with Crippen molar-refractivity contribution in [2.45, 2.75) is 39.8 Å². The summed E-state index contributed by atoms with van der Waals surface area (Å²) in [4.78, 5) is 0. The summed E-state index contributed by atoms with van der Waals surface area (Å²) in [6.45, 7) is 8.24. The van der Waals surface area contributed by atoms with Crippen LogP contribution >= 0.6 is 0 Å². The van der Waals surface area contributed by atoms with Gasteiger partial charge >= 0.3 is 0 Å². The van der Waals surface area contributed by atoms with E-state index in [1.165, 1.54) is 16.5 Å². The molecule has 1 atom stereocenters. The maximum absolute atomic E-state index is 9.82. The fraction of sp³-hybridized carbons (Fsp3) is 0.429. The van der Waals surface area contributed by atoms with Gasteiger partial charge in [0, 0.05) is 17.1 Å². The van der Waals surface area contributed by atoms with Crippen LogP contribution in [0, 0.1) is 6.92 Å². The summed E-state index contributed by atoms with van der Waals surface area (Å²) < 4.78 is 2.23. The van der Waals surface area contributed by atoms with Crippen LogP contribution in [-0.2, 0) is 0 Å². The third kappa shape index (κ3) is 1.63. The van der Waals surface area contributed by atoms with Gasteiger partial charge in [0.2, 0.25) is 0 Å². The van der Waals surface area contributed by atoms with Crippen LogP contribution < -0.4 is 0 Å². The van der Waals surface area contributed by atoms with E-state index < -0.39 is 6.10 Å². The summed E-state index contributed by atoms with van der Waals surface area (Å²) in [6, 6.07) is 8.74. The Labute approximate surface area is 96.5 Å². The van der Waals surface area contributed by atoms with Crippen molar-refractivity contribution in [3.05, 3.63) is 35.5 Å². The first kappa shape index (κ1) is 11.2. The Balaban J connectivity index is 2.83. The van der Waals surface area contributed by atoms with E-state index in [2.05, 4.69) is 49.6 Å². The molecule has 1 unspecified atom stereocenters. The predicted molar refractivity (Wildman–Crippen MR) is 67.7 cm³/mol. The number of rotatable bonds is 2. The zero-order valence-corrected chi connectivity index (χ0v) is 10.4. The van der Waals surface area contributed by atoms with E-state index in [0.717, 1.165) is 5.69 Å². The van der Waals surface area contributed by atoms with E-state index >= 15 is 0 Å². The average Bonchev–Trinajstić information content (AvgIpc) is 2.58. The molecule has 0 amide bonds. The Kier molecular flexibility index (Phi) is 2.76. The second-order valence-corrected chi connectivity index (χ2v) is 4.72. The lowest BCUT2D eigenvalue weighted by atomic mass is 10.1. The second kappa shape index (κ2) is 3.95. The van der Waals surface area contributed by atoms with Crippen molar-refractivity contribution in [3.8, 4) is 0 Å². The molecule has 1 N–H and O–H groups in total. The molecule has 86 valence electrons. The molecule has 0 aliphatic heterocycles. The number of fused-ring (bicyclic) bond motifs is 1. The van der Waals surface area contributed by atoms with Gasteiger partial charge in [-0.3, -0.25) is 0 Å². The molecule has 2 nitrogen and oxygen atoms in total. The normalized spacial score (nSPS) is 13.6. The van der Waals surface area contributed by atoms with Crippen LogP contribution in [-0.4, -0.2) is 9.67 Å². The molecule has 2 rings (SSSR count). The zero-order valence-electron chi connectivity index (χ0n) is 10.4. The first-order valence-electron chi connectivity index (χ1n) is 5.81. The molecule has 16 heavy (non-hydrogen) atoms. The summed E-state index contributed by atoms with van der Waals surface area (Å²) >= 11 is 0. The first-order valence-corrected chi connectivity index (χ1v) is 5.81. The quantitative estimate of drug-likeness (QED) is 0.817. The molecule has 1 aromatic heterocycles. The van der Waals surface area contributed by atoms with Crippen LogP contribution in [0.3, 0.4) is 0 Å². The number of hydrogen-bond donors (Lipinski definition) is 1. The van der Waals surface area contributed by atoms with Crippen LogP contribution in [0.4, 0.5) is 0 Å². The van der Waals surface area contributed by atoms with Crippen molar-refractivity contribution in [3.63, 3.8) is 0 Å². The van der Waals surface area contributed by atoms with E-state index in [9.17, 15) is 5.11 Å². The van der Waals surface area contributed by atoms with E-state index in [-0.39, 0.29) is 0 Å². The summed E-state index contributed by atoms with van der Waals surface area (Å²) in [5, 5.41) is 11.0. The lowest BCUT2D eigenvalue weighted by molar-refractivity contribution is 0.188. The average molecular weight is 217 g/mol. The lowest BCUT2D eigenvalue weighted by Gasteiger charge is -2.17. The van der Waals surface area contributed by atoms with Gasteiger partial charge in [-0.1, -0.05) is 18.2 Å². The van der Waals surface area contributed by atoms with E-state index in [0.29, 0.717) is 6.04 Å². The third-order valence-corrected chi connectivity index (χ3v) is 3.04. The van der Waals surface area contributed by atoms with Gasteiger partial charge in [-0.05, 0) is 39.3 Å². The number of aliphatic hydroxyl groups excluding tert-OH is 1. The standard InChI is InChI=1S/C14H19NO/c1-9(2)15-13(11(4)16)8-12-7-5-6-10(3)14(12)15/h5-9,11,16H,1-4H3. The van der Waals surface area contributed by atoms with Crippen LogP contribution in [0.15, 0.2) is 24.3 Å². The minimum absolute atomic E-state index is 0.364. The molecule has 0 bridgehead atoms. The predicted octanol–water partition coefficient (Wildman–Crippen LogP) is 3.58. The maximum Gasteiger partial charge on any atom is 0.0912 e. The fourth-order valence-electron chi connectivity index (χ4n) is 2.36. The van der Waals surface area contributed by atoms with Crippen LogP contribution in [0.2, 0.25) is 0 Å². The Bertz CT molecular complexity index is 509. The highest BCUT2D eigenvalue weighted by Crippen LogP contribution is 2.29. The summed E-state index contributed by atoms with van der Waals surface area (Å²) in [6.07, 6.45) is -0.422. The molecular weight excluding hydrogens is 198 g/mol. The van der Waals surface area contributed by atoms with Gasteiger partial charge in [0.15, 0.2) is 0 Å². The largest absolute Gasteiger partial charge is 0.387 e. The number of aromatic nitrogens is 1. The summed E-state index contributed by atoms with van der Waals surface area (Å²) in [7, 11) is 0. The Morgan fingerprint density at radius 3 is 2.44 bits per heavy atom. The van der Waals surface area contributed by atoms with E-state index in [4.69, 9.17) is 0 Å². The molecular formula is C14H19NO. The van der Waals surface area contributed by atoms with Crippen molar-refractivity contribution < 1.29 is 5.11 Å². The number of para-hydroxylation sites is 1. The third-order valence-electron chi connectivity index (χ3n) is 3.04. The van der Waals surface area contributed by atoms with Gasteiger partial charge in [-0.15, -0.1) is 0 Å². The number of aryl methyl sites for hydroxylation is 1. The van der Waals surface area contributed by atoms with Crippen molar-refractivity contribution in [2.75, 3.05) is 0 Å². The highest BCUT2D eigenvalue weighted by atomic mass is 16.3. The Hall–Kier alpha value is -1.28. The first-order chi connectivity index (χ1) is 7.52. The number of benzene rings is 1. The molecule has 0 saturated heterocycles. The molecule has 0 radical (unpaired) electrons. The van der Waals surface area contributed by atoms with Crippen molar-refractivity contribution in [1.29, 1.82) is 0 Å². The van der Waals surface area contributed by atoms with Gasteiger partial charge in [-0.2, -0.15) is 0 Å². The van der Waals surface area contributed by atoms with Crippen LogP contribution in [0.5, 0.6) is 0 Å². The maximum atomic E-state index is 9.82. The van der Waals surface area contributed by atoms with Gasteiger partial charge in [-0.25, -0.2) is 0 Å². The molecule has 2 heteroatoms. The molecule has 2 aromatic rings. The van der Waals surface area contributed by atoms with E-state index in [1.807, 2.05) is 6.92 Å². The Morgan fingerprint density at radius 2 is 1.88 bits per heavy atom. The molecule has 1 aromatic carbocycles. The van der Waals surface area contributed by atoms with Gasteiger partial charge < -0.3 is 9.67 Å². The zero-order chi connectivity index (χ0) is 11.9. The van der Waals surface area contributed by atoms with Crippen LogP contribution in [0.25, 0.3) is 10.9 Å². The number of nitrogens with zero attached hydrogens (tertiary/aromatic N) is 1.